The second-order valence-electron chi connectivity index (χ2n) is 6.78. The molecule has 1 unspecified atom stereocenters. The summed E-state index contributed by atoms with van der Waals surface area (Å²) >= 11 is 0. The summed E-state index contributed by atoms with van der Waals surface area (Å²) in [5.41, 5.74) is 1.32. The van der Waals surface area contributed by atoms with E-state index in [0.29, 0.717) is 41.7 Å². The second-order valence-corrected chi connectivity index (χ2v) is 6.78. The molecule has 1 atom stereocenters. The van der Waals surface area contributed by atoms with Crippen LogP contribution in [-0.4, -0.2) is 41.1 Å². The van der Waals surface area contributed by atoms with Crippen molar-refractivity contribution in [3.8, 4) is 17.1 Å². The van der Waals surface area contributed by atoms with Crippen LogP contribution < -0.4 is 4.74 Å². The van der Waals surface area contributed by atoms with E-state index in [1.807, 2.05) is 4.90 Å². The highest BCUT2D eigenvalue weighted by molar-refractivity contribution is 5.94. The Morgan fingerprint density at radius 1 is 1.18 bits per heavy atom. The lowest BCUT2D eigenvalue weighted by Crippen LogP contribution is -2.39. The van der Waals surface area contributed by atoms with Crippen molar-refractivity contribution in [3.63, 3.8) is 0 Å². The Morgan fingerprint density at radius 3 is 2.64 bits per heavy atom. The molecule has 28 heavy (non-hydrogen) atoms. The normalized spacial score (nSPS) is 16.8. The van der Waals surface area contributed by atoms with E-state index in [1.165, 1.54) is 12.1 Å². The van der Waals surface area contributed by atoms with E-state index < -0.39 is 0 Å². The van der Waals surface area contributed by atoms with Crippen LogP contribution in [0, 0.1) is 5.82 Å². The van der Waals surface area contributed by atoms with Gasteiger partial charge in [0.15, 0.2) is 0 Å². The van der Waals surface area contributed by atoms with Crippen molar-refractivity contribution in [2.45, 2.75) is 18.8 Å². The molecule has 1 aromatic heterocycles. The zero-order valence-electron chi connectivity index (χ0n) is 15.5. The number of amides is 1. The zero-order chi connectivity index (χ0) is 19.5. The van der Waals surface area contributed by atoms with E-state index in [-0.39, 0.29) is 17.6 Å². The van der Waals surface area contributed by atoms with Crippen LogP contribution >= 0.6 is 0 Å². The predicted molar refractivity (Wildman–Crippen MR) is 101 cm³/mol. The van der Waals surface area contributed by atoms with E-state index in [4.69, 9.17) is 9.26 Å². The first kappa shape index (κ1) is 18.2. The maximum absolute atomic E-state index is 13.1. The molecule has 0 spiro atoms. The van der Waals surface area contributed by atoms with Gasteiger partial charge >= 0.3 is 0 Å². The van der Waals surface area contributed by atoms with Gasteiger partial charge in [-0.25, -0.2) is 4.39 Å². The van der Waals surface area contributed by atoms with Crippen LogP contribution in [0.15, 0.2) is 53.1 Å². The third kappa shape index (κ3) is 3.74. The molecule has 1 saturated heterocycles. The van der Waals surface area contributed by atoms with Gasteiger partial charge in [0, 0.05) is 24.2 Å². The van der Waals surface area contributed by atoms with Gasteiger partial charge in [0.2, 0.25) is 11.7 Å². The molecule has 3 aromatic rings. The van der Waals surface area contributed by atoms with Gasteiger partial charge in [-0.2, -0.15) is 4.98 Å². The van der Waals surface area contributed by atoms with Crippen molar-refractivity contribution in [1.29, 1.82) is 0 Å². The number of hydrogen-bond donors (Lipinski definition) is 0. The Balaban J connectivity index is 1.47. The molecule has 0 radical (unpaired) electrons. The SMILES string of the molecule is COc1ccc(C(=O)N2CCCC(c3nc(-c4ccc(F)cc4)no3)C2)cc1. The van der Waals surface area contributed by atoms with Crippen LogP contribution in [0.25, 0.3) is 11.4 Å². The average Bonchev–Trinajstić information content (AvgIpc) is 3.24. The summed E-state index contributed by atoms with van der Waals surface area (Å²) in [4.78, 5) is 19.1. The third-order valence-electron chi connectivity index (χ3n) is 4.94. The highest BCUT2D eigenvalue weighted by atomic mass is 19.1. The molecule has 2 aromatic carbocycles. The van der Waals surface area contributed by atoms with Gasteiger partial charge < -0.3 is 14.2 Å². The van der Waals surface area contributed by atoms with Crippen molar-refractivity contribution in [1.82, 2.24) is 15.0 Å². The lowest BCUT2D eigenvalue weighted by atomic mass is 9.97. The minimum Gasteiger partial charge on any atom is -0.497 e. The molecule has 0 aliphatic carbocycles. The second kappa shape index (κ2) is 7.80. The molecule has 4 rings (SSSR count). The Morgan fingerprint density at radius 2 is 1.93 bits per heavy atom. The first-order valence-electron chi connectivity index (χ1n) is 9.17. The fourth-order valence-corrected chi connectivity index (χ4v) is 3.40. The number of nitrogens with zero attached hydrogens (tertiary/aromatic N) is 3. The summed E-state index contributed by atoms with van der Waals surface area (Å²) in [6.45, 7) is 1.22. The maximum atomic E-state index is 13.1. The molecule has 0 saturated carbocycles. The van der Waals surface area contributed by atoms with Gasteiger partial charge in [-0.05, 0) is 61.4 Å². The van der Waals surface area contributed by atoms with Crippen LogP contribution in [0.2, 0.25) is 0 Å². The Kier molecular flexibility index (Phi) is 5.06. The largest absolute Gasteiger partial charge is 0.497 e. The monoisotopic (exact) mass is 381 g/mol. The van der Waals surface area contributed by atoms with Crippen molar-refractivity contribution < 1.29 is 18.4 Å². The van der Waals surface area contributed by atoms with Crippen molar-refractivity contribution in [2.24, 2.45) is 0 Å². The minimum atomic E-state index is -0.313. The maximum Gasteiger partial charge on any atom is 0.253 e. The average molecular weight is 381 g/mol. The van der Waals surface area contributed by atoms with Gasteiger partial charge in [0.25, 0.3) is 5.91 Å². The third-order valence-corrected chi connectivity index (χ3v) is 4.94. The molecule has 0 N–H and O–H groups in total. The minimum absolute atomic E-state index is 0.0161. The zero-order valence-corrected chi connectivity index (χ0v) is 15.5. The Bertz CT molecular complexity index is 954. The molecule has 1 aliphatic heterocycles. The van der Waals surface area contributed by atoms with E-state index in [1.54, 1.807) is 43.5 Å². The lowest BCUT2D eigenvalue weighted by molar-refractivity contribution is 0.0695. The fourth-order valence-electron chi connectivity index (χ4n) is 3.40. The Hall–Kier alpha value is -3.22. The molecule has 1 aliphatic rings. The number of carbonyl (C=O) groups is 1. The van der Waals surface area contributed by atoms with Crippen molar-refractivity contribution in [2.75, 3.05) is 20.2 Å². The number of benzene rings is 2. The van der Waals surface area contributed by atoms with Gasteiger partial charge in [-0.3, -0.25) is 4.79 Å². The summed E-state index contributed by atoms with van der Waals surface area (Å²) in [7, 11) is 1.59. The quantitative estimate of drug-likeness (QED) is 0.686. The van der Waals surface area contributed by atoms with E-state index >= 15 is 0 Å². The fraction of sp³-hybridized carbons (Fsp3) is 0.286. The summed E-state index contributed by atoms with van der Waals surface area (Å²) in [6.07, 6.45) is 1.73. The molecule has 6 nitrogen and oxygen atoms in total. The van der Waals surface area contributed by atoms with Gasteiger partial charge in [-0.1, -0.05) is 5.16 Å². The number of methoxy groups -OCH3 is 1. The predicted octanol–water partition coefficient (Wildman–Crippen LogP) is 3.90. The summed E-state index contributed by atoms with van der Waals surface area (Å²) in [5, 5.41) is 4.01. The smallest absolute Gasteiger partial charge is 0.253 e. The van der Waals surface area contributed by atoms with Crippen molar-refractivity contribution in [3.05, 3.63) is 65.8 Å². The Labute approximate surface area is 161 Å². The number of aromatic nitrogens is 2. The highest BCUT2D eigenvalue weighted by Gasteiger charge is 2.29. The number of rotatable bonds is 4. The van der Waals surface area contributed by atoms with E-state index in [2.05, 4.69) is 10.1 Å². The van der Waals surface area contributed by atoms with Gasteiger partial charge in [0.1, 0.15) is 11.6 Å². The molecule has 1 amide bonds. The summed E-state index contributed by atoms with van der Waals surface area (Å²) in [6, 6.07) is 13.1. The molecule has 2 heterocycles. The van der Waals surface area contributed by atoms with Crippen LogP contribution in [0.1, 0.15) is 35.0 Å². The standard InChI is InChI=1S/C21H20FN3O3/c1-27-18-10-6-15(7-11-18)21(26)25-12-2-3-16(13-25)20-23-19(24-28-20)14-4-8-17(22)9-5-14/h4-11,16H,2-3,12-13H2,1H3. The lowest BCUT2D eigenvalue weighted by Gasteiger charge is -2.31. The topological polar surface area (TPSA) is 68.5 Å². The highest BCUT2D eigenvalue weighted by Crippen LogP contribution is 2.28. The first-order chi connectivity index (χ1) is 13.6. The number of likely N-dealkylation sites (tertiary alicyclic amines) is 1. The molecule has 7 heteroatoms. The van der Waals surface area contributed by atoms with Gasteiger partial charge in [-0.15, -0.1) is 0 Å². The van der Waals surface area contributed by atoms with Crippen LogP contribution in [0.4, 0.5) is 4.39 Å². The number of halogens is 1. The summed E-state index contributed by atoms with van der Waals surface area (Å²) < 4.78 is 23.7. The molecular weight excluding hydrogens is 361 g/mol. The van der Waals surface area contributed by atoms with Crippen LogP contribution in [0.5, 0.6) is 5.75 Å². The summed E-state index contributed by atoms with van der Waals surface area (Å²) in [5.74, 6) is 1.29. The van der Waals surface area contributed by atoms with E-state index in [0.717, 1.165) is 12.8 Å². The first-order valence-corrected chi connectivity index (χ1v) is 9.17. The molecule has 1 fully saturated rings. The van der Waals surface area contributed by atoms with Gasteiger partial charge in [0.05, 0.1) is 13.0 Å². The molecule has 0 bridgehead atoms. The number of piperidine rings is 1. The van der Waals surface area contributed by atoms with Crippen LogP contribution in [0.3, 0.4) is 0 Å². The number of carbonyl (C=O) groups excluding carboxylic acids is 1. The number of ether oxygens (including phenoxy) is 1. The molecular formula is C21H20FN3O3. The van der Waals surface area contributed by atoms with Crippen molar-refractivity contribution >= 4 is 5.91 Å². The number of hydrogen-bond acceptors (Lipinski definition) is 5. The van der Waals surface area contributed by atoms with Crippen LogP contribution in [-0.2, 0) is 0 Å². The van der Waals surface area contributed by atoms with E-state index in [9.17, 15) is 9.18 Å². The molecule has 144 valence electrons.